The Bertz CT molecular complexity index is 730. The summed E-state index contributed by atoms with van der Waals surface area (Å²) in [5.41, 5.74) is 1.43. The Morgan fingerprint density at radius 2 is 1.65 bits per heavy atom. The Hall–Kier alpha value is -2.09. The molecule has 0 saturated heterocycles. The van der Waals surface area contributed by atoms with E-state index in [9.17, 15) is 30.0 Å². The second-order valence-electron chi connectivity index (χ2n) is 5.64. The second kappa shape index (κ2) is 7.26. The number of benzene rings is 1. The zero-order chi connectivity index (χ0) is 20.1. The van der Waals surface area contributed by atoms with Gasteiger partial charge in [0.25, 0.3) is 0 Å². The molecule has 0 bridgehead atoms. The molecule has 0 unspecified atom stereocenters. The molecule has 0 aliphatic rings. The van der Waals surface area contributed by atoms with Crippen LogP contribution in [0.25, 0.3) is 0 Å². The molecule has 0 radical (unpaired) electrons. The number of nitrogens with zero attached hydrogens (tertiary/aromatic N) is 2. The van der Waals surface area contributed by atoms with Crippen LogP contribution < -0.4 is 4.57 Å². The normalized spacial score (nSPS) is 14.0. The van der Waals surface area contributed by atoms with Gasteiger partial charge in [0.2, 0.25) is 6.33 Å². The van der Waals surface area contributed by atoms with Gasteiger partial charge in [0.05, 0.1) is 12.1 Å². The number of hydrogen-bond donors (Lipinski definition) is 1. The average Bonchev–Trinajstić information content (AvgIpc) is 2.90. The molecule has 0 fully saturated rings. The first-order valence-electron chi connectivity index (χ1n) is 7.57. The summed E-state index contributed by atoms with van der Waals surface area (Å²) in [6.45, 7) is 3.99. The fourth-order valence-electron chi connectivity index (χ4n) is 1.97. The van der Waals surface area contributed by atoms with Gasteiger partial charge in [-0.3, -0.25) is 0 Å². The van der Waals surface area contributed by atoms with Crippen molar-refractivity contribution in [2.75, 3.05) is 0 Å². The summed E-state index contributed by atoms with van der Waals surface area (Å²) in [5.74, 6) is -0.884. The molecule has 0 aliphatic carbocycles. The van der Waals surface area contributed by atoms with Gasteiger partial charge in [-0.2, -0.15) is 0 Å². The molecule has 0 saturated carbocycles. The van der Waals surface area contributed by atoms with E-state index < -0.39 is 13.8 Å². The summed E-state index contributed by atoms with van der Waals surface area (Å²) >= 11 is 0. The molecule has 0 amide bonds. The number of halogens is 6. The average molecular weight is 404 g/mol. The Kier molecular flexibility index (Phi) is 6.13. The first-order chi connectivity index (χ1) is 11.6. The van der Waals surface area contributed by atoms with Crippen LogP contribution in [0.3, 0.4) is 0 Å². The maximum absolute atomic E-state index is 10.8. The van der Waals surface area contributed by atoms with E-state index in [1.165, 1.54) is 12.8 Å². The summed E-state index contributed by atoms with van der Waals surface area (Å²) in [7, 11) is -10.7. The number of rotatable bonds is 6. The van der Waals surface area contributed by atoms with Crippen LogP contribution in [-0.2, 0) is 13.1 Å². The van der Waals surface area contributed by atoms with Gasteiger partial charge in [-0.05, 0) is 24.1 Å². The number of hydrogen-bond acceptors (Lipinski definition) is 1. The van der Waals surface area contributed by atoms with Crippen molar-refractivity contribution < 1.29 is 39.6 Å². The monoisotopic (exact) mass is 404 g/mol. The van der Waals surface area contributed by atoms with Crippen molar-refractivity contribution in [3.8, 4) is 0 Å². The van der Waals surface area contributed by atoms with Crippen molar-refractivity contribution in [3.63, 3.8) is 0 Å². The molecular formula is C15H19F6N2O2P. The number of aryl methyl sites for hydroxylation is 1. The number of carbonyl (C=O) groups is 1. The summed E-state index contributed by atoms with van der Waals surface area (Å²) in [6.07, 6.45) is 8.57. The van der Waals surface area contributed by atoms with Crippen molar-refractivity contribution in [2.45, 2.75) is 32.9 Å². The van der Waals surface area contributed by atoms with Gasteiger partial charge in [-0.25, -0.2) is 13.9 Å². The van der Waals surface area contributed by atoms with Crippen LogP contribution in [0.4, 0.5) is 25.2 Å². The minimum absolute atomic E-state index is 0.328. The molecule has 4 nitrogen and oxygen atoms in total. The quantitative estimate of drug-likeness (QED) is 0.381. The van der Waals surface area contributed by atoms with Crippen molar-refractivity contribution >= 4 is 13.8 Å². The number of aromatic nitrogens is 2. The van der Waals surface area contributed by atoms with E-state index in [1.807, 2.05) is 18.3 Å². The summed E-state index contributed by atoms with van der Waals surface area (Å²) in [4.78, 5) is 10.8. The minimum atomic E-state index is -10.7. The van der Waals surface area contributed by atoms with Crippen LogP contribution in [0, 0.1) is 0 Å². The Balaban J connectivity index is 0.000000412. The molecule has 2 rings (SSSR count). The van der Waals surface area contributed by atoms with Crippen molar-refractivity contribution in [3.05, 3.63) is 54.1 Å². The Morgan fingerprint density at radius 1 is 1.12 bits per heavy atom. The van der Waals surface area contributed by atoms with Crippen LogP contribution in [0.5, 0.6) is 0 Å². The topological polar surface area (TPSA) is 46.1 Å². The van der Waals surface area contributed by atoms with E-state index in [2.05, 4.69) is 28.6 Å². The first kappa shape index (κ1) is 22.0. The molecule has 1 aromatic heterocycles. The standard InChI is InChI=1S/C15H18N2O2.F6P/c1-2-3-8-16-9-10-17(12-16)11-13-4-6-14(7-5-13)15(18)19;1-7(2,3,4,5)6/h4-7,9-10,12H,2-3,8,11H2,1H3;/q;-1/p+1. The summed E-state index contributed by atoms with van der Waals surface area (Å²) < 4.78 is 63.5. The molecule has 0 spiro atoms. The molecule has 1 aromatic carbocycles. The SMILES string of the molecule is CCCCn1cc[n+](Cc2ccc(C(=O)O)cc2)c1.F[P-](F)(F)(F)(F)F. The third-order valence-corrected chi connectivity index (χ3v) is 3.08. The molecule has 1 N–H and O–H groups in total. The third-order valence-electron chi connectivity index (χ3n) is 3.08. The molecule has 2 aromatic rings. The second-order valence-corrected chi connectivity index (χ2v) is 7.55. The zero-order valence-corrected chi connectivity index (χ0v) is 14.7. The van der Waals surface area contributed by atoms with Gasteiger partial charge in [-0.15, -0.1) is 0 Å². The van der Waals surface area contributed by atoms with Gasteiger partial charge in [0.1, 0.15) is 18.9 Å². The first-order valence-corrected chi connectivity index (χ1v) is 9.60. The predicted molar refractivity (Wildman–Crippen MR) is 85.6 cm³/mol. The predicted octanol–water partition coefficient (Wildman–Crippen LogP) is 5.70. The van der Waals surface area contributed by atoms with Gasteiger partial charge >= 0.3 is 39.0 Å². The van der Waals surface area contributed by atoms with Crippen LogP contribution in [0.1, 0.15) is 35.7 Å². The van der Waals surface area contributed by atoms with Crippen LogP contribution in [0.2, 0.25) is 0 Å². The van der Waals surface area contributed by atoms with Gasteiger partial charge < -0.3 is 5.11 Å². The van der Waals surface area contributed by atoms with Crippen LogP contribution in [-0.4, -0.2) is 15.6 Å². The fourth-order valence-corrected chi connectivity index (χ4v) is 1.97. The molecule has 0 atom stereocenters. The fraction of sp³-hybridized carbons (Fsp3) is 0.333. The van der Waals surface area contributed by atoms with Crippen molar-refractivity contribution in [2.24, 2.45) is 0 Å². The van der Waals surface area contributed by atoms with E-state index >= 15 is 0 Å². The van der Waals surface area contributed by atoms with Crippen molar-refractivity contribution in [1.82, 2.24) is 4.57 Å². The van der Waals surface area contributed by atoms with E-state index in [4.69, 9.17) is 5.11 Å². The number of carboxylic acids is 1. The third kappa shape index (κ3) is 11.5. The van der Waals surface area contributed by atoms with Gasteiger partial charge in [0, 0.05) is 0 Å². The molecule has 148 valence electrons. The number of carboxylic acid groups (broad SMARTS) is 1. The van der Waals surface area contributed by atoms with Crippen LogP contribution in [0.15, 0.2) is 43.0 Å². The van der Waals surface area contributed by atoms with Crippen LogP contribution >= 0.6 is 7.81 Å². The van der Waals surface area contributed by atoms with E-state index in [0.717, 1.165) is 18.7 Å². The molecule has 1 heterocycles. The van der Waals surface area contributed by atoms with Gasteiger partial charge in [0.15, 0.2) is 0 Å². The Morgan fingerprint density at radius 3 is 2.12 bits per heavy atom. The van der Waals surface area contributed by atoms with Gasteiger partial charge in [-0.1, -0.05) is 25.5 Å². The van der Waals surface area contributed by atoms with Crippen molar-refractivity contribution in [1.29, 1.82) is 0 Å². The summed E-state index contributed by atoms with van der Waals surface area (Å²) in [6, 6.07) is 7.01. The maximum atomic E-state index is 10.8. The van der Waals surface area contributed by atoms with E-state index in [-0.39, 0.29) is 0 Å². The number of imidazole rings is 1. The Labute approximate surface area is 145 Å². The number of aromatic carboxylic acids is 1. The summed E-state index contributed by atoms with van der Waals surface area (Å²) in [5, 5.41) is 8.84. The zero-order valence-electron chi connectivity index (χ0n) is 13.8. The molecule has 26 heavy (non-hydrogen) atoms. The van der Waals surface area contributed by atoms with E-state index in [1.54, 1.807) is 12.1 Å². The molecular weight excluding hydrogens is 385 g/mol. The molecule has 11 heteroatoms. The molecule has 0 aliphatic heterocycles. The van der Waals surface area contributed by atoms with E-state index in [0.29, 0.717) is 5.56 Å². The number of unbranched alkanes of at least 4 members (excludes halogenated alkanes) is 1.